The number of nitrogens with one attached hydrogen (secondary N) is 2. The lowest BCUT2D eigenvalue weighted by molar-refractivity contribution is -0.138. The molecule has 7 nitrogen and oxygen atoms in total. The topological polar surface area (TPSA) is 90.9 Å². The molecule has 0 aromatic heterocycles. The van der Waals surface area contributed by atoms with Crippen molar-refractivity contribution >= 4 is 23.4 Å². The summed E-state index contributed by atoms with van der Waals surface area (Å²) in [7, 11) is 3.48. The molecule has 2 aliphatic rings. The van der Waals surface area contributed by atoms with E-state index in [9.17, 15) is 14.7 Å². The zero-order valence-corrected chi connectivity index (χ0v) is 25.0. The van der Waals surface area contributed by atoms with Gasteiger partial charge in [-0.15, -0.1) is 0 Å². The van der Waals surface area contributed by atoms with Gasteiger partial charge < -0.3 is 25.4 Å². The molecule has 220 valence electrons. The lowest BCUT2D eigenvalue weighted by Gasteiger charge is -2.43. The standard InChI is InChI=1S/C31H50ClN3O4/c1-23(39-3)30(37)34-16-9-15-31(38,26-12-7-14-28(32)20-26)27-13-8-17-35(22-27)29(36)19-25(21-33-2)18-24-10-5-4-6-11-24/h7,12,14,20,23-25,27,33,38H,4-6,8-11,13,15-19,21-22H2,1-3H3,(H,34,37)/t23-,25-,27-,31-/m1/s1. The van der Waals surface area contributed by atoms with E-state index < -0.39 is 11.7 Å². The number of hydrogen-bond donors (Lipinski definition) is 3. The molecular formula is C31H50ClN3O4. The highest BCUT2D eigenvalue weighted by atomic mass is 35.5. The van der Waals surface area contributed by atoms with Crippen molar-refractivity contribution in [2.75, 3.05) is 40.3 Å². The maximum absolute atomic E-state index is 13.6. The van der Waals surface area contributed by atoms with E-state index in [1.807, 2.05) is 36.2 Å². The summed E-state index contributed by atoms with van der Waals surface area (Å²) in [4.78, 5) is 27.7. The van der Waals surface area contributed by atoms with Crippen LogP contribution in [0.15, 0.2) is 24.3 Å². The minimum Gasteiger partial charge on any atom is -0.385 e. The van der Waals surface area contributed by atoms with Crippen molar-refractivity contribution in [3.63, 3.8) is 0 Å². The van der Waals surface area contributed by atoms with Gasteiger partial charge in [0.05, 0.1) is 5.60 Å². The number of rotatable bonds is 14. The Morgan fingerprint density at radius 1 is 1.21 bits per heavy atom. The van der Waals surface area contributed by atoms with E-state index in [-0.39, 0.29) is 17.7 Å². The number of ether oxygens (including phenoxy) is 1. The Hall–Kier alpha value is -1.67. The van der Waals surface area contributed by atoms with E-state index in [4.69, 9.17) is 16.3 Å². The molecule has 1 saturated carbocycles. The van der Waals surface area contributed by atoms with Gasteiger partial charge in [-0.3, -0.25) is 9.59 Å². The molecule has 0 radical (unpaired) electrons. The van der Waals surface area contributed by atoms with Crippen LogP contribution in [-0.4, -0.2) is 68.3 Å². The Bertz CT molecular complexity index is 910. The minimum atomic E-state index is -1.14. The highest BCUT2D eigenvalue weighted by molar-refractivity contribution is 6.30. The lowest BCUT2D eigenvalue weighted by Crippen LogP contribution is -2.49. The average molecular weight is 564 g/mol. The molecule has 1 aliphatic carbocycles. The highest BCUT2D eigenvalue weighted by Crippen LogP contribution is 2.40. The Labute approximate surface area is 240 Å². The molecule has 0 spiro atoms. The molecular weight excluding hydrogens is 514 g/mol. The van der Waals surface area contributed by atoms with Crippen molar-refractivity contribution in [3.8, 4) is 0 Å². The fourth-order valence-corrected chi connectivity index (χ4v) is 6.74. The predicted molar refractivity (Wildman–Crippen MR) is 157 cm³/mol. The van der Waals surface area contributed by atoms with Crippen LogP contribution in [0.5, 0.6) is 0 Å². The van der Waals surface area contributed by atoms with E-state index in [0.29, 0.717) is 43.3 Å². The average Bonchev–Trinajstić information content (AvgIpc) is 2.95. The monoisotopic (exact) mass is 563 g/mol. The van der Waals surface area contributed by atoms with Crippen LogP contribution in [0.4, 0.5) is 0 Å². The maximum Gasteiger partial charge on any atom is 0.248 e. The molecule has 0 bridgehead atoms. The number of hydrogen-bond acceptors (Lipinski definition) is 5. The quantitative estimate of drug-likeness (QED) is 0.280. The Balaban J connectivity index is 1.67. The van der Waals surface area contributed by atoms with Gasteiger partial charge in [-0.1, -0.05) is 55.8 Å². The number of halogens is 1. The fourth-order valence-electron chi connectivity index (χ4n) is 6.55. The van der Waals surface area contributed by atoms with Crippen molar-refractivity contribution in [1.82, 2.24) is 15.5 Å². The van der Waals surface area contributed by atoms with E-state index in [2.05, 4.69) is 10.6 Å². The van der Waals surface area contributed by atoms with Crippen LogP contribution in [0.1, 0.15) is 83.1 Å². The largest absolute Gasteiger partial charge is 0.385 e. The van der Waals surface area contributed by atoms with Crippen LogP contribution in [0.2, 0.25) is 5.02 Å². The van der Waals surface area contributed by atoms with Gasteiger partial charge in [-0.25, -0.2) is 0 Å². The van der Waals surface area contributed by atoms with Gasteiger partial charge in [-0.05, 0) is 82.2 Å². The summed E-state index contributed by atoms with van der Waals surface area (Å²) in [6.07, 6.45) is 10.5. The van der Waals surface area contributed by atoms with Crippen LogP contribution in [0, 0.1) is 17.8 Å². The molecule has 2 fully saturated rings. The zero-order chi connectivity index (χ0) is 28.3. The van der Waals surface area contributed by atoms with E-state index in [1.165, 1.54) is 39.2 Å². The van der Waals surface area contributed by atoms with E-state index >= 15 is 0 Å². The number of nitrogens with zero attached hydrogens (tertiary/aromatic N) is 1. The van der Waals surface area contributed by atoms with Crippen molar-refractivity contribution in [2.24, 2.45) is 17.8 Å². The van der Waals surface area contributed by atoms with Gasteiger partial charge in [0.1, 0.15) is 6.10 Å². The molecule has 3 rings (SSSR count). The SMILES string of the molecule is CNC[C@@H](CC(=O)N1CCC[C@@H]([C@@](O)(CCCNC(=O)[C@@H](C)OC)c2cccc(Cl)c2)C1)CC1CCCCC1. The molecule has 1 aliphatic heterocycles. The molecule has 1 saturated heterocycles. The van der Waals surface area contributed by atoms with E-state index in [1.54, 1.807) is 6.92 Å². The second kappa shape index (κ2) is 15.9. The zero-order valence-electron chi connectivity index (χ0n) is 24.2. The van der Waals surface area contributed by atoms with Crippen molar-refractivity contribution in [1.29, 1.82) is 0 Å². The number of likely N-dealkylation sites (tertiary alicyclic amines) is 1. The predicted octanol–water partition coefficient (Wildman–Crippen LogP) is 4.89. The first kappa shape index (κ1) is 31.9. The highest BCUT2D eigenvalue weighted by Gasteiger charge is 2.41. The summed E-state index contributed by atoms with van der Waals surface area (Å²) in [5.41, 5.74) is -0.371. The summed E-state index contributed by atoms with van der Waals surface area (Å²) in [5, 5.41) is 19.0. The molecule has 1 aromatic rings. The number of piperidine rings is 1. The normalized spacial score (nSPS) is 21.7. The smallest absolute Gasteiger partial charge is 0.248 e. The van der Waals surface area contributed by atoms with Crippen molar-refractivity contribution in [2.45, 2.75) is 89.3 Å². The Kier molecular flexibility index (Phi) is 13.0. The summed E-state index contributed by atoms with van der Waals surface area (Å²) < 4.78 is 5.09. The van der Waals surface area contributed by atoms with Gasteiger partial charge in [-0.2, -0.15) is 0 Å². The van der Waals surface area contributed by atoms with Gasteiger partial charge >= 0.3 is 0 Å². The number of methoxy groups -OCH3 is 1. The van der Waals surface area contributed by atoms with Crippen LogP contribution in [0.3, 0.4) is 0 Å². The number of benzene rings is 1. The molecule has 1 heterocycles. The number of carbonyl (C=O) groups excluding carboxylic acids is 2. The Morgan fingerprint density at radius 3 is 2.67 bits per heavy atom. The first-order valence-electron chi connectivity index (χ1n) is 15.0. The van der Waals surface area contributed by atoms with Crippen LogP contribution in [-0.2, 0) is 19.9 Å². The third-order valence-electron chi connectivity index (χ3n) is 8.88. The maximum atomic E-state index is 13.6. The van der Waals surface area contributed by atoms with Gasteiger partial charge in [0.15, 0.2) is 0 Å². The van der Waals surface area contributed by atoms with Crippen LogP contribution >= 0.6 is 11.6 Å². The van der Waals surface area contributed by atoms with Gasteiger partial charge in [0, 0.05) is 44.1 Å². The number of amides is 2. The Morgan fingerprint density at radius 2 is 1.97 bits per heavy atom. The second-order valence-electron chi connectivity index (χ2n) is 11.8. The molecule has 4 atom stereocenters. The summed E-state index contributed by atoms with van der Waals surface area (Å²) in [6.45, 7) is 4.28. The third-order valence-corrected chi connectivity index (χ3v) is 9.11. The summed E-state index contributed by atoms with van der Waals surface area (Å²) in [5.74, 6) is 1.01. The number of carbonyl (C=O) groups is 2. The first-order chi connectivity index (χ1) is 18.8. The van der Waals surface area contributed by atoms with Crippen LogP contribution in [0.25, 0.3) is 0 Å². The minimum absolute atomic E-state index is 0.108. The van der Waals surface area contributed by atoms with Crippen molar-refractivity contribution < 1.29 is 19.4 Å². The summed E-state index contributed by atoms with van der Waals surface area (Å²) >= 11 is 6.34. The third kappa shape index (κ3) is 9.44. The van der Waals surface area contributed by atoms with Crippen LogP contribution < -0.4 is 10.6 Å². The first-order valence-corrected chi connectivity index (χ1v) is 15.4. The number of aliphatic hydroxyl groups is 1. The molecule has 8 heteroatoms. The van der Waals surface area contributed by atoms with Crippen molar-refractivity contribution in [3.05, 3.63) is 34.9 Å². The second-order valence-corrected chi connectivity index (χ2v) is 12.2. The lowest BCUT2D eigenvalue weighted by atomic mass is 9.74. The molecule has 0 unspecified atom stereocenters. The fraction of sp³-hybridized carbons (Fsp3) is 0.742. The van der Waals surface area contributed by atoms with E-state index in [0.717, 1.165) is 43.8 Å². The molecule has 3 N–H and O–H groups in total. The molecule has 2 amide bonds. The molecule has 39 heavy (non-hydrogen) atoms. The van der Waals surface area contributed by atoms with Gasteiger partial charge in [0.25, 0.3) is 0 Å². The molecule has 1 aromatic carbocycles. The van der Waals surface area contributed by atoms with Gasteiger partial charge in [0.2, 0.25) is 11.8 Å². The summed E-state index contributed by atoms with van der Waals surface area (Å²) in [6, 6.07) is 7.43.